The van der Waals surface area contributed by atoms with Crippen molar-refractivity contribution in [3.8, 4) is 0 Å². The quantitative estimate of drug-likeness (QED) is 0.780. The lowest BCUT2D eigenvalue weighted by atomic mass is 10.2. The van der Waals surface area contributed by atoms with Gasteiger partial charge in [0.2, 0.25) is 0 Å². The van der Waals surface area contributed by atoms with E-state index in [0.717, 1.165) is 12.1 Å². The van der Waals surface area contributed by atoms with Gasteiger partial charge in [-0.2, -0.15) is 0 Å². The van der Waals surface area contributed by atoms with Crippen LogP contribution in [0.5, 0.6) is 0 Å². The fourth-order valence-corrected chi connectivity index (χ4v) is 1.83. The minimum atomic E-state index is -0.214. The summed E-state index contributed by atoms with van der Waals surface area (Å²) in [5, 5.41) is 11.5. The predicted molar refractivity (Wildman–Crippen MR) is 55.5 cm³/mol. The Bertz CT molecular complexity index is 312. The summed E-state index contributed by atoms with van der Waals surface area (Å²) in [7, 11) is 0. The average molecular weight is 214 g/mol. The Morgan fingerprint density at radius 1 is 1.79 bits per heavy atom. The van der Waals surface area contributed by atoms with Crippen LogP contribution in [-0.4, -0.2) is 28.6 Å². The van der Waals surface area contributed by atoms with E-state index in [9.17, 15) is 4.79 Å². The Kier molecular flexibility index (Phi) is 4.03. The van der Waals surface area contributed by atoms with Gasteiger partial charge in [-0.1, -0.05) is 6.92 Å². The molecule has 14 heavy (non-hydrogen) atoms. The van der Waals surface area contributed by atoms with Crippen LogP contribution >= 0.6 is 11.3 Å². The first-order valence-corrected chi connectivity index (χ1v) is 5.41. The molecule has 0 bridgehead atoms. The normalized spacial score (nSPS) is 12.5. The molecule has 0 aliphatic rings. The molecule has 2 N–H and O–H groups in total. The van der Waals surface area contributed by atoms with E-state index in [2.05, 4.69) is 10.3 Å². The number of aliphatic hydroxyl groups is 1. The molecular weight excluding hydrogens is 200 g/mol. The second-order valence-corrected chi connectivity index (χ2v) is 3.89. The molecular formula is C9H14N2O2S. The van der Waals surface area contributed by atoms with Gasteiger partial charge in [-0.05, 0) is 13.3 Å². The maximum Gasteiger partial charge on any atom is 0.263 e. The molecule has 0 spiro atoms. The zero-order chi connectivity index (χ0) is 10.6. The number of nitrogens with zero attached hydrogens (tertiary/aromatic N) is 1. The first-order valence-electron chi connectivity index (χ1n) is 4.53. The molecule has 4 nitrogen and oxygen atoms in total. The van der Waals surface area contributed by atoms with E-state index < -0.39 is 0 Å². The van der Waals surface area contributed by atoms with E-state index >= 15 is 0 Å². The van der Waals surface area contributed by atoms with Crippen molar-refractivity contribution >= 4 is 17.2 Å². The Morgan fingerprint density at radius 3 is 3.07 bits per heavy atom. The van der Waals surface area contributed by atoms with Crippen molar-refractivity contribution in [1.29, 1.82) is 0 Å². The van der Waals surface area contributed by atoms with E-state index in [-0.39, 0.29) is 18.6 Å². The lowest BCUT2D eigenvalue weighted by Crippen LogP contribution is -2.35. The number of amides is 1. The lowest BCUT2D eigenvalue weighted by Gasteiger charge is -2.09. The summed E-state index contributed by atoms with van der Waals surface area (Å²) in [5.41, 5.74) is 2.48. The summed E-state index contributed by atoms with van der Waals surface area (Å²) in [6.07, 6.45) is 0.750. The van der Waals surface area contributed by atoms with E-state index in [1.165, 1.54) is 11.3 Å². The van der Waals surface area contributed by atoms with Crippen LogP contribution < -0.4 is 5.32 Å². The smallest absolute Gasteiger partial charge is 0.263 e. The molecule has 1 atom stereocenters. The zero-order valence-corrected chi connectivity index (χ0v) is 9.10. The number of carbonyl (C=O) groups excluding carboxylic acids is 1. The van der Waals surface area contributed by atoms with Crippen LogP contribution in [0, 0.1) is 0 Å². The number of hydrogen-bond donors (Lipinski definition) is 2. The van der Waals surface area contributed by atoms with E-state index in [1.54, 1.807) is 12.4 Å². The zero-order valence-electron chi connectivity index (χ0n) is 8.28. The van der Waals surface area contributed by atoms with Crippen LogP contribution in [0.1, 0.15) is 29.2 Å². The summed E-state index contributed by atoms with van der Waals surface area (Å²) < 4.78 is 0. The van der Waals surface area contributed by atoms with Crippen molar-refractivity contribution in [3.63, 3.8) is 0 Å². The minimum absolute atomic E-state index is 0.0496. The molecule has 0 fully saturated rings. The number of rotatable bonds is 4. The summed E-state index contributed by atoms with van der Waals surface area (Å²) in [6, 6.07) is -0.214. The van der Waals surface area contributed by atoms with Crippen molar-refractivity contribution in [2.24, 2.45) is 0 Å². The Labute approximate surface area is 87.0 Å². The molecule has 0 radical (unpaired) electrons. The third-order valence-electron chi connectivity index (χ3n) is 1.83. The van der Waals surface area contributed by atoms with Crippen LogP contribution in [0.15, 0.2) is 5.51 Å². The molecule has 1 unspecified atom stereocenters. The molecule has 1 aromatic heterocycles. The number of thiazole rings is 1. The standard InChI is InChI=1S/C9H14N2O2S/c1-3-7-8(14-5-10-7)9(13)11-6(2)4-12/h5-6,12H,3-4H2,1-2H3,(H,11,13). The maximum atomic E-state index is 11.6. The molecule has 1 aromatic rings. The number of hydrogen-bond acceptors (Lipinski definition) is 4. The van der Waals surface area contributed by atoms with E-state index in [1.807, 2.05) is 6.92 Å². The molecule has 1 heterocycles. The van der Waals surface area contributed by atoms with Crippen molar-refractivity contribution in [2.75, 3.05) is 6.61 Å². The molecule has 5 heteroatoms. The highest BCUT2D eigenvalue weighted by Gasteiger charge is 2.14. The van der Waals surface area contributed by atoms with Gasteiger partial charge in [-0.15, -0.1) is 11.3 Å². The fourth-order valence-electron chi connectivity index (χ4n) is 1.04. The molecule has 1 rings (SSSR count). The summed E-state index contributed by atoms with van der Waals surface area (Å²) in [4.78, 5) is 16.3. The molecule has 0 aliphatic carbocycles. The molecule has 78 valence electrons. The molecule has 0 saturated carbocycles. The van der Waals surface area contributed by atoms with Crippen molar-refractivity contribution < 1.29 is 9.90 Å². The Hall–Kier alpha value is -0.940. The van der Waals surface area contributed by atoms with Crippen LogP contribution in [0.3, 0.4) is 0 Å². The second-order valence-electron chi connectivity index (χ2n) is 3.04. The molecule has 0 saturated heterocycles. The highest BCUT2D eigenvalue weighted by atomic mass is 32.1. The highest BCUT2D eigenvalue weighted by molar-refractivity contribution is 7.11. The van der Waals surface area contributed by atoms with Gasteiger partial charge in [0.1, 0.15) is 4.88 Å². The Balaban J connectivity index is 2.69. The predicted octanol–water partition coefficient (Wildman–Crippen LogP) is 0.816. The molecule has 0 aliphatic heterocycles. The van der Waals surface area contributed by atoms with Crippen LogP contribution in [0.25, 0.3) is 0 Å². The van der Waals surface area contributed by atoms with Crippen LogP contribution in [0.2, 0.25) is 0 Å². The van der Waals surface area contributed by atoms with Crippen molar-refractivity contribution in [3.05, 3.63) is 16.1 Å². The number of aryl methyl sites for hydroxylation is 1. The third-order valence-corrected chi connectivity index (χ3v) is 2.70. The molecule has 0 aromatic carbocycles. The van der Waals surface area contributed by atoms with Gasteiger partial charge in [0, 0.05) is 6.04 Å². The second kappa shape index (κ2) is 5.07. The first-order chi connectivity index (χ1) is 6.69. The molecule has 1 amide bonds. The van der Waals surface area contributed by atoms with Crippen molar-refractivity contribution in [2.45, 2.75) is 26.3 Å². The summed E-state index contributed by atoms with van der Waals surface area (Å²) in [6.45, 7) is 3.66. The highest BCUT2D eigenvalue weighted by Crippen LogP contribution is 2.13. The lowest BCUT2D eigenvalue weighted by molar-refractivity contribution is 0.0925. The van der Waals surface area contributed by atoms with E-state index in [0.29, 0.717) is 4.88 Å². The van der Waals surface area contributed by atoms with Crippen LogP contribution in [-0.2, 0) is 6.42 Å². The largest absolute Gasteiger partial charge is 0.394 e. The van der Waals surface area contributed by atoms with Gasteiger partial charge in [0.15, 0.2) is 0 Å². The number of carbonyl (C=O) groups is 1. The maximum absolute atomic E-state index is 11.6. The van der Waals surface area contributed by atoms with Gasteiger partial charge >= 0.3 is 0 Å². The van der Waals surface area contributed by atoms with Gasteiger partial charge in [-0.25, -0.2) is 4.98 Å². The van der Waals surface area contributed by atoms with Gasteiger partial charge in [0.25, 0.3) is 5.91 Å². The van der Waals surface area contributed by atoms with E-state index in [4.69, 9.17) is 5.11 Å². The number of aliphatic hydroxyl groups excluding tert-OH is 1. The monoisotopic (exact) mass is 214 g/mol. The Morgan fingerprint density at radius 2 is 2.50 bits per heavy atom. The number of nitrogens with one attached hydrogen (secondary N) is 1. The fraction of sp³-hybridized carbons (Fsp3) is 0.556. The average Bonchev–Trinajstić information content (AvgIpc) is 2.65. The van der Waals surface area contributed by atoms with Gasteiger partial charge < -0.3 is 10.4 Å². The van der Waals surface area contributed by atoms with Gasteiger partial charge in [-0.3, -0.25) is 4.79 Å². The summed E-state index contributed by atoms with van der Waals surface area (Å²) >= 11 is 1.33. The first kappa shape index (κ1) is 11.1. The van der Waals surface area contributed by atoms with Gasteiger partial charge in [0.05, 0.1) is 17.8 Å². The minimum Gasteiger partial charge on any atom is -0.394 e. The van der Waals surface area contributed by atoms with Crippen molar-refractivity contribution in [1.82, 2.24) is 10.3 Å². The SMILES string of the molecule is CCc1ncsc1C(=O)NC(C)CO. The van der Waals surface area contributed by atoms with Crippen LogP contribution in [0.4, 0.5) is 0 Å². The summed E-state index contributed by atoms with van der Waals surface area (Å²) in [5.74, 6) is -0.147. The number of aromatic nitrogens is 1. The third kappa shape index (κ3) is 2.52. The topological polar surface area (TPSA) is 62.2 Å².